The van der Waals surface area contributed by atoms with Crippen molar-refractivity contribution in [3.63, 3.8) is 0 Å². The predicted molar refractivity (Wildman–Crippen MR) is 57.3 cm³/mol. The summed E-state index contributed by atoms with van der Waals surface area (Å²) in [6.07, 6.45) is -4.65. The summed E-state index contributed by atoms with van der Waals surface area (Å²) in [7, 11) is 0. The first-order valence-electron chi connectivity index (χ1n) is 4.29. The average molecular weight is 328 g/mol. The van der Waals surface area contributed by atoms with E-state index >= 15 is 0 Å². The summed E-state index contributed by atoms with van der Waals surface area (Å²) in [6.45, 7) is 0. The molecule has 2 rings (SSSR count). The third kappa shape index (κ3) is 2.67. The molecule has 17 heavy (non-hydrogen) atoms. The Morgan fingerprint density at radius 1 is 1.41 bits per heavy atom. The second kappa shape index (κ2) is 4.39. The van der Waals surface area contributed by atoms with Crippen LogP contribution in [0.25, 0.3) is 0 Å². The summed E-state index contributed by atoms with van der Waals surface area (Å²) in [5, 5.41) is 3.23. The first-order valence-corrected chi connectivity index (χ1v) is 5.90. The van der Waals surface area contributed by atoms with E-state index in [2.05, 4.69) is 30.6 Å². The van der Waals surface area contributed by atoms with E-state index in [1.165, 1.54) is 11.3 Å². The van der Waals surface area contributed by atoms with Gasteiger partial charge in [0.2, 0.25) is 0 Å². The Labute approximate surface area is 106 Å². The summed E-state index contributed by atoms with van der Waals surface area (Å²) >= 11 is 4.52. The van der Waals surface area contributed by atoms with Gasteiger partial charge in [-0.25, -0.2) is 0 Å². The van der Waals surface area contributed by atoms with Gasteiger partial charge in [0.25, 0.3) is 0 Å². The van der Waals surface area contributed by atoms with Crippen molar-refractivity contribution in [3.8, 4) is 0 Å². The van der Waals surface area contributed by atoms with Gasteiger partial charge in [0.15, 0.2) is 5.82 Å². The quantitative estimate of drug-likeness (QED) is 0.920. The molecule has 0 saturated heterocycles. The van der Waals surface area contributed by atoms with Gasteiger partial charge in [-0.2, -0.15) is 18.2 Å². The van der Waals surface area contributed by atoms with Crippen molar-refractivity contribution < 1.29 is 17.7 Å². The molecule has 0 bridgehead atoms. The van der Waals surface area contributed by atoms with E-state index in [1.807, 2.05) is 0 Å². The summed E-state index contributed by atoms with van der Waals surface area (Å²) in [4.78, 5) is 3.88. The third-order valence-electron chi connectivity index (χ3n) is 1.86. The van der Waals surface area contributed by atoms with Crippen LogP contribution in [-0.4, -0.2) is 10.1 Å². The molecule has 0 radical (unpaired) electrons. The zero-order chi connectivity index (χ0) is 12.6. The molecule has 0 aliphatic carbocycles. The normalized spacial score (nSPS) is 13.9. The maximum atomic E-state index is 12.2. The monoisotopic (exact) mass is 327 g/mol. The number of nitrogens with zero attached hydrogens (tertiary/aromatic N) is 2. The molecular formula is C8H5BrF3N3OS. The lowest BCUT2D eigenvalue weighted by Gasteiger charge is -2.02. The molecule has 1 unspecified atom stereocenters. The minimum atomic E-state index is -4.65. The lowest BCUT2D eigenvalue weighted by molar-refractivity contribution is -0.159. The topological polar surface area (TPSA) is 64.9 Å². The van der Waals surface area contributed by atoms with E-state index in [-0.39, 0.29) is 5.82 Å². The van der Waals surface area contributed by atoms with Crippen molar-refractivity contribution in [3.05, 3.63) is 32.5 Å². The molecule has 1 atom stereocenters. The SMILES string of the molecule is NC(c1noc(C(F)(F)F)n1)c1ccc(Br)s1. The standard InChI is InChI=1S/C8H5BrF3N3OS/c9-4-2-1-3(17-4)5(13)6-14-7(16-15-6)8(10,11)12/h1-2,5H,13H2. The zero-order valence-corrected chi connectivity index (χ0v) is 10.4. The molecule has 0 saturated carbocycles. The minimum absolute atomic E-state index is 0.188. The van der Waals surface area contributed by atoms with Crippen LogP contribution in [0.15, 0.2) is 20.4 Å². The van der Waals surface area contributed by atoms with Crippen LogP contribution in [0.4, 0.5) is 13.2 Å². The Kier molecular flexibility index (Phi) is 3.23. The minimum Gasteiger partial charge on any atom is -0.329 e. The number of hydrogen-bond donors (Lipinski definition) is 1. The van der Waals surface area contributed by atoms with Crippen LogP contribution in [0, 0.1) is 0 Å². The lowest BCUT2D eigenvalue weighted by Crippen LogP contribution is -2.13. The predicted octanol–water partition coefficient (Wildman–Crippen LogP) is 2.96. The van der Waals surface area contributed by atoms with E-state index in [0.29, 0.717) is 4.88 Å². The van der Waals surface area contributed by atoms with Gasteiger partial charge < -0.3 is 10.3 Å². The van der Waals surface area contributed by atoms with E-state index < -0.39 is 18.1 Å². The molecule has 0 aliphatic rings. The number of aromatic nitrogens is 2. The second-order valence-corrected chi connectivity index (χ2v) is 5.57. The smallest absolute Gasteiger partial charge is 0.329 e. The van der Waals surface area contributed by atoms with Gasteiger partial charge in [0, 0.05) is 4.88 Å². The van der Waals surface area contributed by atoms with Crippen LogP contribution in [0.1, 0.15) is 22.6 Å². The summed E-state index contributed by atoms with van der Waals surface area (Å²) in [5.74, 6) is -1.58. The molecule has 0 spiro atoms. The molecule has 2 heterocycles. The fraction of sp³-hybridized carbons (Fsp3) is 0.250. The average Bonchev–Trinajstić information content (AvgIpc) is 2.83. The van der Waals surface area contributed by atoms with Crippen molar-refractivity contribution in [1.29, 1.82) is 0 Å². The van der Waals surface area contributed by atoms with Crippen LogP contribution < -0.4 is 5.73 Å². The van der Waals surface area contributed by atoms with E-state index in [1.54, 1.807) is 12.1 Å². The van der Waals surface area contributed by atoms with Gasteiger partial charge in [-0.15, -0.1) is 11.3 Å². The van der Waals surface area contributed by atoms with Crippen LogP contribution in [-0.2, 0) is 6.18 Å². The van der Waals surface area contributed by atoms with Gasteiger partial charge in [0.05, 0.1) is 3.79 Å². The second-order valence-electron chi connectivity index (χ2n) is 3.08. The highest BCUT2D eigenvalue weighted by Crippen LogP contribution is 2.31. The van der Waals surface area contributed by atoms with Crippen molar-refractivity contribution in [2.45, 2.75) is 12.2 Å². The third-order valence-corrected chi connectivity index (χ3v) is 3.57. The van der Waals surface area contributed by atoms with Gasteiger partial charge in [-0.3, -0.25) is 0 Å². The number of hydrogen-bond acceptors (Lipinski definition) is 5. The highest BCUT2D eigenvalue weighted by Gasteiger charge is 2.39. The van der Waals surface area contributed by atoms with Gasteiger partial charge in [-0.1, -0.05) is 5.16 Å². The number of halogens is 4. The van der Waals surface area contributed by atoms with Crippen LogP contribution >= 0.6 is 27.3 Å². The molecule has 2 aromatic heterocycles. The molecule has 2 aromatic rings. The molecule has 9 heteroatoms. The van der Waals surface area contributed by atoms with Crippen molar-refractivity contribution in [2.75, 3.05) is 0 Å². The number of rotatable bonds is 2. The molecule has 0 amide bonds. The van der Waals surface area contributed by atoms with Crippen molar-refractivity contribution in [1.82, 2.24) is 10.1 Å². The van der Waals surface area contributed by atoms with Gasteiger partial charge >= 0.3 is 12.1 Å². The van der Waals surface area contributed by atoms with E-state index in [0.717, 1.165) is 3.79 Å². The highest BCUT2D eigenvalue weighted by atomic mass is 79.9. The molecule has 4 nitrogen and oxygen atoms in total. The van der Waals surface area contributed by atoms with E-state index in [9.17, 15) is 13.2 Å². The van der Waals surface area contributed by atoms with E-state index in [4.69, 9.17) is 5.73 Å². The molecule has 92 valence electrons. The summed E-state index contributed by atoms with van der Waals surface area (Å²) in [6, 6.07) is 2.60. The Morgan fingerprint density at radius 3 is 2.59 bits per heavy atom. The maximum absolute atomic E-state index is 12.2. The van der Waals surface area contributed by atoms with Gasteiger partial charge in [-0.05, 0) is 28.1 Å². The Morgan fingerprint density at radius 2 is 2.12 bits per heavy atom. The molecule has 0 aromatic carbocycles. The Hall–Kier alpha value is -0.930. The Bertz CT molecular complexity index is 524. The summed E-state index contributed by atoms with van der Waals surface area (Å²) < 4.78 is 41.6. The van der Waals surface area contributed by atoms with Crippen molar-refractivity contribution in [2.24, 2.45) is 5.73 Å². The first-order chi connectivity index (χ1) is 7.88. The van der Waals surface area contributed by atoms with Crippen LogP contribution in [0.5, 0.6) is 0 Å². The maximum Gasteiger partial charge on any atom is 0.471 e. The molecule has 2 N–H and O–H groups in total. The molecule has 0 aliphatic heterocycles. The molecular weight excluding hydrogens is 323 g/mol. The van der Waals surface area contributed by atoms with Crippen LogP contribution in [0.3, 0.4) is 0 Å². The fourth-order valence-corrected chi connectivity index (χ4v) is 2.52. The number of alkyl halides is 3. The fourth-order valence-electron chi connectivity index (χ4n) is 1.10. The van der Waals surface area contributed by atoms with Crippen molar-refractivity contribution >= 4 is 27.3 Å². The summed E-state index contributed by atoms with van der Waals surface area (Å²) in [5.41, 5.74) is 5.72. The Balaban J connectivity index is 2.26. The number of thiophene rings is 1. The van der Waals surface area contributed by atoms with Crippen LogP contribution in [0.2, 0.25) is 0 Å². The first kappa shape index (κ1) is 12.5. The number of nitrogens with two attached hydrogens (primary N) is 1. The zero-order valence-electron chi connectivity index (χ0n) is 8.03. The highest BCUT2D eigenvalue weighted by molar-refractivity contribution is 9.11. The largest absolute Gasteiger partial charge is 0.471 e. The lowest BCUT2D eigenvalue weighted by atomic mass is 10.2. The molecule has 0 fully saturated rings. The van der Waals surface area contributed by atoms with Gasteiger partial charge in [0.1, 0.15) is 6.04 Å².